The summed E-state index contributed by atoms with van der Waals surface area (Å²) >= 11 is 0. The van der Waals surface area contributed by atoms with Crippen LogP contribution in [-0.2, 0) is 16.6 Å². The minimum absolute atomic E-state index is 0.285. The van der Waals surface area contributed by atoms with Gasteiger partial charge in [0.25, 0.3) is 0 Å². The molecule has 2 rings (SSSR count). The van der Waals surface area contributed by atoms with E-state index in [1.165, 1.54) is 5.56 Å². The number of hydrogen-bond donors (Lipinski definition) is 1. The summed E-state index contributed by atoms with van der Waals surface area (Å²) in [6, 6.07) is 17.9. The largest absolute Gasteiger partial charge is 0.369 e. The zero-order valence-corrected chi connectivity index (χ0v) is 12.1. The molecule has 0 radical (unpaired) electrons. The van der Waals surface area contributed by atoms with Gasteiger partial charge in [0.2, 0.25) is 5.91 Å². The zero-order valence-electron chi connectivity index (χ0n) is 12.1. The first-order chi connectivity index (χ1) is 9.66. The average Bonchev–Trinajstić information content (AvgIpc) is 2.50. The summed E-state index contributed by atoms with van der Waals surface area (Å²) in [4.78, 5) is 12.3. The molecule has 20 heavy (non-hydrogen) atoms. The van der Waals surface area contributed by atoms with Crippen molar-refractivity contribution in [1.29, 1.82) is 0 Å². The van der Waals surface area contributed by atoms with E-state index in [-0.39, 0.29) is 5.91 Å². The molecular weight excluding hydrogens is 246 g/mol. The van der Waals surface area contributed by atoms with Crippen molar-refractivity contribution in [2.75, 3.05) is 0 Å². The molecule has 2 aromatic carbocycles. The zero-order chi connectivity index (χ0) is 14.6. The van der Waals surface area contributed by atoms with Crippen LogP contribution in [0.2, 0.25) is 0 Å². The minimum Gasteiger partial charge on any atom is -0.369 e. The predicted octanol–water partition coefficient (Wildman–Crippen LogP) is 3.43. The van der Waals surface area contributed by atoms with Gasteiger partial charge < -0.3 is 5.73 Å². The second-order valence-corrected chi connectivity index (χ2v) is 5.00. The van der Waals surface area contributed by atoms with E-state index in [4.69, 9.17) is 5.73 Å². The van der Waals surface area contributed by atoms with Gasteiger partial charge in [-0.2, -0.15) is 0 Å². The van der Waals surface area contributed by atoms with E-state index in [1.807, 2.05) is 55.5 Å². The molecule has 0 aromatic heterocycles. The van der Waals surface area contributed by atoms with Gasteiger partial charge in [0.05, 0.1) is 5.41 Å². The Labute approximate surface area is 120 Å². The van der Waals surface area contributed by atoms with Crippen LogP contribution in [0, 0.1) is 0 Å². The second kappa shape index (κ2) is 5.91. The number of hydrogen-bond acceptors (Lipinski definition) is 1. The van der Waals surface area contributed by atoms with Gasteiger partial charge in [-0.25, -0.2) is 0 Å². The Bertz CT molecular complexity index is 591. The molecule has 104 valence electrons. The smallest absolute Gasteiger partial charge is 0.232 e. The van der Waals surface area contributed by atoms with E-state index >= 15 is 0 Å². The lowest BCUT2D eigenvalue weighted by molar-refractivity contribution is -0.122. The van der Waals surface area contributed by atoms with Crippen LogP contribution < -0.4 is 5.73 Å². The van der Waals surface area contributed by atoms with Crippen molar-refractivity contribution in [2.24, 2.45) is 5.73 Å². The Morgan fingerprint density at radius 2 is 1.60 bits per heavy atom. The fraction of sp³-hybridized carbons (Fsp3) is 0.278. The first-order valence-corrected chi connectivity index (χ1v) is 7.10. The van der Waals surface area contributed by atoms with Crippen molar-refractivity contribution in [3.63, 3.8) is 0 Å². The maximum atomic E-state index is 12.3. The third-order valence-corrected chi connectivity index (χ3v) is 4.08. The van der Waals surface area contributed by atoms with Crippen molar-refractivity contribution in [1.82, 2.24) is 0 Å². The number of carbonyl (C=O) groups is 1. The van der Waals surface area contributed by atoms with Crippen molar-refractivity contribution < 1.29 is 4.79 Å². The molecule has 0 spiro atoms. The lowest BCUT2D eigenvalue weighted by Crippen LogP contribution is -2.42. The van der Waals surface area contributed by atoms with Gasteiger partial charge in [-0.05, 0) is 29.5 Å². The van der Waals surface area contributed by atoms with Crippen LogP contribution in [0.1, 0.15) is 37.0 Å². The molecule has 1 atom stereocenters. The highest BCUT2D eigenvalue weighted by atomic mass is 16.1. The summed E-state index contributed by atoms with van der Waals surface area (Å²) in [6.07, 6.45) is 1.54. The summed E-state index contributed by atoms with van der Waals surface area (Å²) in [6.45, 7) is 4.12. The van der Waals surface area contributed by atoms with E-state index in [0.717, 1.165) is 17.5 Å². The third kappa shape index (κ3) is 2.22. The lowest BCUT2D eigenvalue weighted by atomic mass is 9.70. The topological polar surface area (TPSA) is 43.1 Å². The summed E-state index contributed by atoms with van der Waals surface area (Å²) in [5.74, 6) is -0.285. The van der Waals surface area contributed by atoms with E-state index in [9.17, 15) is 4.79 Å². The maximum Gasteiger partial charge on any atom is 0.232 e. The summed E-state index contributed by atoms with van der Waals surface area (Å²) < 4.78 is 0. The van der Waals surface area contributed by atoms with Gasteiger partial charge in [0.15, 0.2) is 0 Å². The third-order valence-electron chi connectivity index (χ3n) is 4.08. The van der Waals surface area contributed by atoms with Crippen LogP contribution in [0.5, 0.6) is 0 Å². The molecule has 2 nitrogen and oxygen atoms in total. The number of rotatable bonds is 5. The van der Waals surface area contributed by atoms with Crippen molar-refractivity contribution in [3.8, 4) is 0 Å². The van der Waals surface area contributed by atoms with Crippen LogP contribution in [0.25, 0.3) is 0 Å². The monoisotopic (exact) mass is 267 g/mol. The van der Waals surface area contributed by atoms with Crippen molar-refractivity contribution >= 4 is 5.91 Å². The summed E-state index contributed by atoms with van der Waals surface area (Å²) in [5, 5.41) is 0. The number of aryl methyl sites for hydroxylation is 1. The molecule has 2 aromatic rings. The van der Waals surface area contributed by atoms with Crippen LogP contribution in [0.15, 0.2) is 54.6 Å². The van der Waals surface area contributed by atoms with E-state index in [2.05, 4.69) is 13.0 Å². The Morgan fingerprint density at radius 3 is 2.15 bits per heavy atom. The van der Waals surface area contributed by atoms with Gasteiger partial charge in [0, 0.05) is 0 Å². The Hall–Kier alpha value is -2.09. The van der Waals surface area contributed by atoms with E-state index < -0.39 is 5.41 Å². The maximum absolute atomic E-state index is 12.3. The first kappa shape index (κ1) is 14.3. The Kier molecular flexibility index (Phi) is 4.23. The number of carbonyl (C=O) groups excluding carboxylic acids is 1. The summed E-state index contributed by atoms with van der Waals surface area (Å²) in [7, 11) is 0. The Morgan fingerprint density at radius 1 is 1.00 bits per heavy atom. The molecule has 0 bridgehead atoms. The highest BCUT2D eigenvalue weighted by Crippen LogP contribution is 2.37. The van der Waals surface area contributed by atoms with Crippen molar-refractivity contribution in [3.05, 3.63) is 71.3 Å². The number of primary amides is 1. The fourth-order valence-electron chi connectivity index (χ4n) is 2.97. The van der Waals surface area contributed by atoms with E-state index in [0.29, 0.717) is 6.42 Å². The SMILES string of the molecule is CCc1ccccc1C(CC)(C(N)=O)c1ccccc1. The number of benzene rings is 2. The van der Waals surface area contributed by atoms with Crippen LogP contribution in [0.4, 0.5) is 0 Å². The highest BCUT2D eigenvalue weighted by Gasteiger charge is 2.39. The van der Waals surface area contributed by atoms with Gasteiger partial charge in [-0.3, -0.25) is 4.79 Å². The lowest BCUT2D eigenvalue weighted by Gasteiger charge is -2.32. The molecule has 0 heterocycles. The normalized spacial score (nSPS) is 13.7. The molecule has 0 aliphatic rings. The van der Waals surface area contributed by atoms with Crippen LogP contribution in [-0.4, -0.2) is 5.91 Å². The molecule has 0 saturated carbocycles. The average molecular weight is 267 g/mol. The molecule has 0 aliphatic carbocycles. The predicted molar refractivity (Wildman–Crippen MR) is 82.5 cm³/mol. The molecule has 0 aliphatic heterocycles. The molecule has 0 saturated heterocycles. The molecule has 2 N–H and O–H groups in total. The molecule has 1 amide bonds. The Balaban J connectivity index is 2.73. The van der Waals surface area contributed by atoms with Crippen molar-refractivity contribution in [2.45, 2.75) is 32.1 Å². The molecule has 1 unspecified atom stereocenters. The molecule has 2 heteroatoms. The quantitative estimate of drug-likeness (QED) is 0.886. The second-order valence-electron chi connectivity index (χ2n) is 5.00. The highest BCUT2D eigenvalue weighted by molar-refractivity contribution is 5.91. The van der Waals surface area contributed by atoms with E-state index in [1.54, 1.807) is 0 Å². The van der Waals surface area contributed by atoms with Gasteiger partial charge in [0.1, 0.15) is 0 Å². The minimum atomic E-state index is -0.742. The van der Waals surface area contributed by atoms with Gasteiger partial charge >= 0.3 is 0 Å². The number of amides is 1. The standard InChI is InChI=1S/C18H21NO/c1-3-14-10-8-9-13-16(14)18(4-2,17(19)20)15-11-6-5-7-12-15/h5-13H,3-4H2,1-2H3,(H2,19,20). The molecular formula is C18H21NO. The fourth-order valence-corrected chi connectivity index (χ4v) is 2.97. The first-order valence-electron chi connectivity index (χ1n) is 7.10. The van der Waals surface area contributed by atoms with Crippen LogP contribution >= 0.6 is 0 Å². The van der Waals surface area contributed by atoms with Gasteiger partial charge in [-0.1, -0.05) is 68.4 Å². The van der Waals surface area contributed by atoms with Gasteiger partial charge in [-0.15, -0.1) is 0 Å². The van der Waals surface area contributed by atoms with Crippen LogP contribution in [0.3, 0.4) is 0 Å². The summed E-state index contributed by atoms with van der Waals surface area (Å²) in [5.41, 5.74) is 8.27. The molecule has 0 fully saturated rings. The number of nitrogens with two attached hydrogens (primary N) is 1.